The molecule has 0 aromatic carbocycles. The zero-order valence-corrected chi connectivity index (χ0v) is 4.16. The standard InChI is InChI=1S/C3H7N2S/c4-3-5-1-2-6-3/h2-3,5H,1,4H2. The minimum absolute atomic E-state index is 0.157. The van der Waals surface area contributed by atoms with Crippen molar-refractivity contribution in [2.75, 3.05) is 6.54 Å². The van der Waals surface area contributed by atoms with Gasteiger partial charge in [0.15, 0.2) is 0 Å². The molecule has 0 saturated carbocycles. The van der Waals surface area contributed by atoms with Crippen molar-refractivity contribution >= 4 is 11.8 Å². The van der Waals surface area contributed by atoms with Gasteiger partial charge in [-0.1, -0.05) is 0 Å². The molecule has 1 aliphatic rings. The van der Waals surface area contributed by atoms with E-state index >= 15 is 0 Å². The van der Waals surface area contributed by atoms with Gasteiger partial charge in [0.2, 0.25) is 0 Å². The van der Waals surface area contributed by atoms with E-state index in [1.54, 1.807) is 11.8 Å². The van der Waals surface area contributed by atoms with E-state index in [0.29, 0.717) is 0 Å². The first-order valence-corrected chi connectivity index (χ1v) is 2.80. The van der Waals surface area contributed by atoms with E-state index in [2.05, 4.69) is 11.1 Å². The Hall–Kier alpha value is 0.270. The molecule has 0 bridgehead atoms. The predicted octanol–water partition coefficient (Wildman–Crippen LogP) is -0.273. The molecule has 1 aliphatic heterocycles. The van der Waals surface area contributed by atoms with Crippen LogP contribution in [0.3, 0.4) is 0 Å². The van der Waals surface area contributed by atoms with Gasteiger partial charge in [0.25, 0.3) is 0 Å². The predicted molar refractivity (Wildman–Crippen MR) is 27.9 cm³/mol. The van der Waals surface area contributed by atoms with E-state index in [1.165, 1.54) is 0 Å². The largest absolute Gasteiger partial charge is 0.307 e. The fourth-order valence-corrected chi connectivity index (χ4v) is 0.956. The molecule has 0 aromatic rings. The Kier molecular flexibility index (Phi) is 1.34. The monoisotopic (exact) mass is 103 g/mol. The first kappa shape index (κ1) is 4.43. The van der Waals surface area contributed by atoms with Crippen LogP contribution >= 0.6 is 11.8 Å². The Morgan fingerprint density at radius 2 is 2.83 bits per heavy atom. The minimum Gasteiger partial charge on any atom is -0.307 e. The lowest BCUT2D eigenvalue weighted by molar-refractivity contribution is 0.749. The highest BCUT2D eigenvalue weighted by atomic mass is 32.2. The molecule has 35 valence electrons. The van der Waals surface area contributed by atoms with Crippen LogP contribution in [0, 0.1) is 5.75 Å². The van der Waals surface area contributed by atoms with Crippen LogP contribution in [-0.2, 0) is 0 Å². The van der Waals surface area contributed by atoms with Gasteiger partial charge in [-0.15, -0.1) is 11.8 Å². The highest BCUT2D eigenvalue weighted by Gasteiger charge is 2.06. The molecule has 3 heteroatoms. The van der Waals surface area contributed by atoms with Crippen LogP contribution in [0.15, 0.2) is 0 Å². The van der Waals surface area contributed by atoms with Crippen molar-refractivity contribution in [1.29, 1.82) is 0 Å². The number of nitrogens with two attached hydrogens (primary N) is 1. The van der Waals surface area contributed by atoms with Gasteiger partial charge in [0.05, 0.1) is 0 Å². The number of nitrogens with one attached hydrogen (secondary N) is 1. The number of hydrogen-bond acceptors (Lipinski definition) is 3. The second kappa shape index (κ2) is 1.82. The molecular weight excluding hydrogens is 96.1 g/mol. The first-order chi connectivity index (χ1) is 2.89. The topological polar surface area (TPSA) is 38.0 Å². The molecule has 6 heavy (non-hydrogen) atoms. The molecule has 0 aromatic heterocycles. The molecular formula is C3H7N2S. The fourth-order valence-electron chi connectivity index (χ4n) is 0.364. The Bertz CT molecular complexity index is 42.1. The van der Waals surface area contributed by atoms with E-state index in [1.807, 2.05) is 0 Å². The van der Waals surface area contributed by atoms with Crippen LogP contribution in [0.5, 0.6) is 0 Å². The molecule has 0 amide bonds. The Balaban J connectivity index is 2.18. The number of rotatable bonds is 0. The molecule has 1 atom stereocenters. The van der Waals surface area contributed by atoms with Crippen LogP contribution in [0.25, 0.3) is 0 Å². The van der Waals surface area contributed by atoms with E-state index in [4.69, 9.17) is 5.73 Å². The Morgan fingerprint density at radius 3 is 3.00 bits per heavy atom. The summed E-state index contributed by atoms with van der Waals surface area (Å²) in [7, 11) is 0. The third kappa shape index (κ3) is 0.864. The summed E-state index contributed by atoms with van der Waals surface area (Å²) in [6, 6.07) is 0. The maximum atomic E-state index is 5.36. The quantitative estimate of drug-likeness (QED) is 0.443. The highest BCUT2D eigenvalue weighted by Crippen LogP contribution is 2.11. The van der Waals surface area contributed by atoms with Crippen molar-refractivity contribution in [1.82, 2.24) is 5.32 Å². The molecule has 1 saturated heterocycles. The van der Waals surface area contributed by atoms with Crippen LogP contribution in [0.4, 0.5) is 0 Å². The Labute approximate surface area is 41.5 Å². The average Bonchev–Trinajstić information content (AvgIpc) is 1.86. The second-order valence-corrected chi connectivity index (χ2v) is 2.24. The molecule has 2 nitrogen and oxygen atoms in total. The van der Waals surface area contributed by atoms with Gasteiger partial charge in [0, 0.05) is 12.3 Å². The van der Waals surface area contributed by atoms with Gasteiger partial charge in [0.1, 0.15) is 5.50 Å². The molecule has 0 aliphatic carbocycles. The second-order valence-electron chi connectivity index (χ2n) is 1.13. The van der Waals surface area contributed by atoms with Gasteiger partial charge in [-0.2, -0.15) is 0 Å². The zero-order chi connectivity index (χ0) is 4.41. The summed E-state index contributed by atoms with van der Waals surface area (Å²) in [4.78, 5) is 0. The summed E-state index contributed by atoms with van der Waals surface area (Å²) in [6.45, 7) is 0.950. The molecule has 1 heterocycles. The number of thioether (sulfide) groups is 1. The molecule has 1 unspecified atom stereocenters. The van der Waals surface area contributed by atoms with Crippen LogP contribution in [0.2, 0.25) is 0 Å². The third-order valence-corrected chi connectivity index (χ3v) is 1.46. The summed E-state index contributed by atoms with van der Waals surface area (Å²) in [5.41, 5.74) is 5.51. The van der Waals surface area contributed by atoms with Crippen molar-refractivity contribution in [3.8, 4) is 0 Å². The van der Waals surface area contributed by atoms with Crippen LogP contribution in [0.1, 0.15) is 0 Å². The van der Waals surface area contributed by atoms with E-state index in [-0.39, 0.29) is 5.50 Å². The Morgan fingerprint density at radius 1 is 2.00 bits per heavy atom. The van der Waals surface area contributed by atoms with Crippen molar-refractivity contribution in [3.05, 3.63) is 5.75 Å². The van der Waals surface area contributed by atoms with Crippen LogP contribution < -0.4 is 11.1 Å². The van der Waals surface area contributed by atoms with E-state index in [9.17, 15) is 0 Å². The lowest BCUT2D eigenvalue weighted by Crippen LogP contribution is -2.27. The number of hydrogen-bond donors (Lipinski definition) is 2. The fraction of sp³-hybridized carbons (Fsp3) is 0.667. The maximum Gasteiger partial charge on any atom is 0.103 e. The van der Waals surface area contributed by atoms with Gasteiger partial charge in [-0.05, 0) is 0 Å². The minimum atomic E-state index is 0.157. The highest BCUT2D eigenvalue weighted by molar-refractivity contribution is 8.02. The molecule has 3 N–H and O–H groups in total. The molecule has 1 radical (unpaired) electrons. The summed E-state index contributed by atoms with van der Waals surface area (Å²) < 4.78 is 0. The maximum absolute atomic E-state index is 5.36. The van der Waals surface area contributed by atoms with Gasteiger partial charge >= 0.3 is 0 Å². The van der Waals surface area contributed by atoms with E-state index < -0.39 is 0 Å². The lowest BCUT2D eigenvalue weighted by atomic mass is 10.8. The van der Waals surface area contributed by atoms with Crippen molar-refractivity contribution in [2.24, 2.45) is 5.73 Å². The van der Waals surface area contributed by atoms with Crippen LogP contribution in [-0.4, -0.2) is 12.0 Å². The molecule has 1 rings (SSSR count). The SMILES string of the molecule is NC1NC[CH]S1. The van der Waals surface area contributed by atoms with Crippen molar-refractivity contribution in [2.45, 2.75) is 5.50 Å². The van der Waals surface area contributed by atoms with E-state index in [0.717, 1.165) is 6.54 Å². The molecule has 0 spiro atoms. The molecule has 1 fully saturated rings. The van der Waals surface area contributed by atoms with Gasteiger partial charge in [-0.3, -0.25) is 5.32 Å². The van der Waals surface area contributed by atoms with Crippen molar-refractivity contribution in [3.63, 3.8) is 0 Å². The summed E-state index contributed by atoms with van der Waals surface area (Å²) in [5.74, 6) is 2.06. The van der Waals surface area contributed by atoms with Crippen molar-refractivity contribution < 1.29 is 0 Å². The third-order valence-electron chi connectivity index (χ3n) is 0.645. The normalized spacial score (nSPS) is 34.5. The lowest BCUT2D eigenvalue weighted by Gasteiger charge is -1.94. The van der Waals surface area contributed by atoms with Gasteiger partial charge < -0.3 is 5.73 Å². The average molecular weight is 103 g/mol. The summed E-state index contributed by atoms with van der Waals surface area (Å²) >= 11 is 1.64. The smallest absolute Gasteiger partial charge is 0.103 e. The zero-order valence-electron chi connectivity index (χ0n) is 3.35. The van der Waals surface area contributed by atoms with Gasteiger partial charge in [-0.25, -0.2) is 0 Å². The summed E-state index contributed by atoms with van der Waals surface area (Å²) in [5, 5.41) is 3.00. The first-order valence-electron chi connectivity index (χ1n) is 1.86. The summed E-state index contributed by atoms with van der Waals surface area (Å²) in [6.07, 6.45) is 0.